The van der Waals surface area contributed by atoms with E-state index in [4.69, 9.17) is 5.84 Å². The van der Waals surface area contributed by atoms with Crippen LogP contribution in [0.2, 0.25) is 0 Å². The second kappa shape index (κ2) is 7.38. The Kier molecular flexibility index (Phi) is 5.53. The third-order valence-corrected chi connectivity index (χ3v) is 4.08. The zero-order chi connectivity index (χ0) is 15.2. The summed E-state index contributed by atoms with van der Waals surface area (Å²) >= 11 is 0. The molecule has 1 heterocycles. The number of benzene rings is 1. The van der Waals surface area contributed by atoms with Crippen molar-refractivity contribution in [3.63, 3.8) is 0 Å². The molecule has 0 spiro atoms. The predicted octanol–water partition coefficient (Wildman–Crippen LogP) is 2.78. The van der Waals surface area contributed by atoms with Gasteiger partial charge in [0, 0.05) is 30.6 Å². The lowest BCUT2D eigenvalue weighted by atomic mass is 9.87. The average Bonchev–Trinajstić information content (AvgIpc) is 2.87. The molecule has 2 rings (SSSR count). The third-order valence-electron chi connectivity index (χ3n) is 4.08. The van der Waals surface area contributed by atoms with Crippen LogP contribution in [0.3, 0.4) is 0 Å². The smallest absolute Gasteiger partial charge is 0.0596 e. The summed E-state index contributed by atoms with van der Waals surface area (Å²) < 4.78 is 2.07. The number of nitrogens with two attached hydrogens (primary N) is 1. The number of rotatable bonds is 7. The van der Waals surface area contributed by atoms with Crippen LogP contribution in [-0.2, 0) is 13.0 Å². The highest BCUT2D eigenvalue weighted by Crippen LogP contribution is 2.25. The molecule has 114 valence electrons. The number of hydrazine groups is 1. The van der Waals surface area contributed by atoms with Gasteiger partial charge < -0.3 is 0 Å². The molecule has 21 heavy (non-hydrogen) atoms. The van der Waals surface area contributed by atoms with E-state index >= 15 is 0 Å². The van der Waals surface area contributed by atoms with Crippen molar-refractivity contribution in [2.24, 2.45) is 5.84 Å². The van der Waals surface area contributed by atoms with Gasteiger partial charge in [0.2, 0.25) is 0 Å². The van der Waals surface area contributed by atoms with Crippen LogP contribution < -0.4 is 11.3 Å². The van der Waals surface area contributed by atoms with Gasteiger partial charge in [-0.25, -0.2) is 0 Å². The van der Waals surface area contributed by atoms with Crippen LogP contribution in [0.4, 0.5) is 0 Å². The number of aromatic nitrogens is 2. The Bertz CT molecular complexity index is 547. The van der Waals surface area contributed by atoms with Crippen LogP contribution in [0, 0.1) is 6.92 Å². The minimum Gasteiger partial charge on any atom is -0.271 e. The van der Waals surface area contributed by atoms with E-state index in [9.17, 15) is 0 Å². The second-order valence-electron chi connectivity index (χ2n) is 5.50. The van der Waals surface area contributed by atoms with Gasteiger partial charge in [-0.3, -0.25) is 16.0 Å². The first-order valence-corrected chi connectivity index (χ1v) is 7.74. The van der Waals surface area contributed by atoms with Crippen molar-refractivity contribution in [3.8, 4) is 0 Å². The van der Waals surface area contributed by atoms with Gasteiger partial charge in [-0.2, -0.15) is 5.10 Å². The fourth-order valence-corrected chi connectivity index (χ4v) is 3.03. The van der Waals surface area contributed by atoms with Gasteiger partial charge in [0.1, 0.15) is 0 Å². The molecule has 2 aromatic rings. The second-order valence-corrected chi connectivity index (χ2v) is 5.50. The van der Waals surface area contributed by atoms with Gasteiger partial charge in [-0.1, -0.05) is 37.3 Å². The van der Waals surface area contributed by atoms with E-state index in [2.05, 4.69) is 65.5 Å². The van der Waals surface area contributed by atoms with Crippen LogP contribution >= 0.6 is 0 Å². The van der Waals surface area contributed by atoms with Gasteiger partial charge in [-0.15, -0.1) is 0 Å². The highest BCUT2D eigenvalue weighted by Gasteiger charge is 2.22. The van der Waals surface area contributed by atoms with Crippen molar-refractivity contribution < 1.29 is 0 Å². The monoisotopic (exact) mass is 286 g/mol. The molecule has 3 N–H and O–H groups in total. The van der Waals surface area contributed by atoms with E-state index in [1.165, 1.54) is 11.3 Å². The summed E-state index contributed by atoms with van der Waals surface area (Å²) in [5.41, 5.74) is 6.66. The van der Waals surface area contributed by atoms with Crippen molar-refractivity contribution in [1.82, 2.24) is 15.2 Å². The van der Waals surface area contributed by atoms with Gasteiger partial charge in [0.05, 0.1) is 5.69 Å². The van der Waals surface area contributed by atoms with Gasteiger partial charge in [0.25, 0.3) is 0 Å². The van der Waals surface area contributed by atoms with Gasteiger partial charge in [0.15, 0.2) is 0 Å². The zero-order valence-corrected chi connectivity index (χ0v) is 13.2. The number of hydrogen-bond acceptors (Lipinski definition) is 3. The first-order chi connectivity index (χ1) is 10.2. The maximum absolute atomic E-state index is 5.85. The van der Waals surface area contributed by atoms with Crippen LogP contribution in [-0.4, -0.2) is 15.8 Å². The Hall–Kier alpha value is -1.65. The molecule has 0 bridgehead atoms. The maximum Gasteiger partial charge on any atom is 0.0596 e. The molecule has 0 saturated heterocycles. The summed E-state index contributed by atoms with van der Waals surface area (Å²) in [7, 11) is 0. The molecule has 1 aromatic heterocycles. The predicted molar refractivity (Wildman–Crippen MR) is 86.9 cm³/mol. The van der Waals surface area contributed by atoms with Crippen LogP contribution in [0.15, 0.2) is 36.4 Å². The summed E-state index contributed by atoms with van der Waals surface area (Å²) in [6.07, 6.45) is 1.94. The van der Waals surface area contributed by atoms with E-state index in [-0.39, 0.29) is 6.04 Å². The maximum atomic E-state index is 5.85. The van der Waals surface area contributed by atoms with E-state index in [1.807, 2.05) is 6.92 Å². The molecule has 0 aliphatic carbocycles. The molecular weight excluding hydrogens is 260 g/mol. The van der Waals surface area contributed by atoms with E-state index in [0.29, 0.717) is 5.92 Å². The minimum atomic E-state index is 0.207. The lowest BCUT2D eigenvalue weighted by Crippen LogP contribution is -2.41. The van der Waals surface area contributed by atoms with Crippen molar-refractivity contribution in [2.75, 3.05) is 0 Å². The fourth-order valence-electron chi connectivity index (χ4n) is 3.03. The first kappa shape index (κ1) is 15.7. The lowest BCUT2D eigenvalue weighted by Gasteiger charge is -2.26. The lowest BCUT2D eigenvalue weighted by molar-refractivity contribution is 0.415. The molecule has 0 amide bonds. The molecule has 0 saturated carbocycles. The Morgan fingerprint density at radius 3 is 2.52 bits per heavy atom. The summed E-state index contributed by atoms with van der Waals surface area (Å²) in [4.78, 5) is 0. The molecule has 1 aromatic carbocycles. The van der Waals surface area contributed by atoms with E-state index < -0.39 is 0 Å². The van der Waals surface area contributed by atoms with E-state index in [1.54, 1.807) is 0 Å². The number of aryl methyl sites for hydroxylation is 2. The largest absolute Gasteiger partial charge is 0.271 e. The Labute approximate surface area is 127 Å². The van der Waals surface area contributed by atoms with Crippen LogP contribution in [0.25, 0.3) is 0 Å². The molecule has 0 radical (unpaired) electrons. The van der Waals surface area contributed by atoms with Gasteiger partial charge in [-0.05, 0) is 31.9 Å². The number of hydrogen-bond donors (Lipinski definition) is 2. The molecule has 0 aliphatic heterocycles. The summed E-state index contributed by atoms with van der Waals surface area (Å²) in [5, 5.41) is 4.52. The molecule has 0 aliphatic rings. The normalized spacial score (nSPS) is 14.1. The molecular formula is C17H26N4. The number of nitrogens with zero attached hydrogens (tertiary/aromatic N) is 2. The zero-order valence-electron chi connectivity index (χ0n) is 13.2. The molecule has 0 fully saturated rings. The highest BCUT2D eigenvalue weighted by molar-refractivity contribution is 5.22. The minimum absolute atomic E-state index is 0.207. The molecule has 2 atom stereocenters. The molecule has 4 heteroatoms. The van der Waals surface area contributed by atoms with E-state index in [0.717, 1.165) is 25.1 Å². The summed E-state index contributed by atoms with van der Waals surface area (Å²) in [6, 6.07) is 13.0. The first-order valence-electron chi connectivity index (χ1n) is 7.74. The fraction of sp³-hybridized carbons (Fsp3) is 0.471. The standard InChI is InChI=1S/C17H26N4/c1-4-16(14-9-7-6-8-10-14)17(19-18)12-15-11-13(3)20-21(15)5-2/h6-11,16-17,19H,4-5,12,18H2,1-3H3. The third kappa shape index (κ3) is 3.71. The van der Waals surface area contributed by atoms with Crippen LogP contribution in [0.1, 0.15) is 43.1 Å². The van der Waals surface area contributed by atoms with Crippen molar-refractivity contribution in [3.05, 3.63) is 53.3 Å². The quantitative estimate of drug-likeness (QED) is 0.608. The topological polar surface area (TPSA) is 55.9 Å². The van der Waals surface area contributed by atoms with Crippen molar-refractivity contribution >= 4 is 0 Å². The number of nitrogens with one attached hydrogen (secondary N) is 1. The summed E-state index contributed by atoms with van der Waals surface area (Å²) in [5.74, 6) is 6.25. The highest BCUT2D eigenvalue weighted by atomic mass is 15.3. The van der Waals surface area contributed by atoms with Crippen molar-refractivity contribution in [2.45, 2.75) is 52.1 Å². The Morgan fingerprint density at radius 2 is 1.95 bits per heavy atom. The van der Waals surface area contributed by atoms with Gasteiger partial charge >= 0.3 is 0 Å². The Morgan fingerprint density at radius 1 is 1.24 bits per heavy atom. The van der Waals surface area contributed by atoms with Crippen LogP contribution in [0.5, 0.6) is 0 Å². The molecule has 4 nitrogen and oxygen atoms in total. The summed E-state index contributed by atoms with van der Waals surface area (Å²) in [6.45, 7) is 7.26. The van der Waals surface area contributed by atoms with Crippen molar-refractivity contribution in [1.29, 1.82) is 0 Å². The Balaban J connectivity index is 2.21. The average molecular weight is 286 g/mol. The molecule has 2 unspecified atom stereocenters. The SMILES string of the molecule is CCC(c1ccccc1)C(Cc1cc(C)nn1CC)NN.